The van der Waals surface area contributed by atoms with Crippen molar-refractivity contribution in [2.75, 3.05) is 18.6 Å². The van der Waals surface area contributed by atoms with Gasteiger partial charge in [0.2, 0.25) is 5.95 Å². The average Bonchev–Trinajstić information content (AvgIpc) is 3.28. The zero-order valence-corrected chi connectivity index (χ0v) is 19.4. The van der Waals surface area contributed by atoms with Crippen LogP contribution in [0.5, 0.6) is 11.5 Å². The van der Waals surface area contributed by atoms with Crippen molar-refractivity contribution in [2.45, 2.75) is 5.03 Å². The highest BCUT2D eigenvalue weighted by Crippen LogP contribution is 2.30. The first-order valence-electron chi connectivity index (χ1n) is 10.5. The Balaban J connectivity index is 1.49. The molecule has 0 saturated heterocycles. The topological polar surface area (TPSA) is 89.6 Å². The van der Waals surface area contributed by atoms with Gasteiger partial charge in [-0.2, -0.15) is 9.50 Å². The van der Waals surface area contributed by atoms with Crippen molar-refractivity contribution >= 4 is 35.4 Å². The first-order valence-corrected chi connectivity index (χ1v) is 11.7. The maximum atomic E-state index is 5.83. The molecule has 0 spiro atoms. The molecule has 0 atom stereocenters. The molecule has 168 valence electrons. The van der Waals surface area contributed by atoms with Gasteiger partial charge in [-0.05, 0) is 42.7 Å². The van der Waals surface area contributed by atoms with Crippen molar-refractivity contribution in [2.24, 2.45) is 4.99 Å². The highest BCUT2D eigenvalue weighted by atomic mass is 32.2. The maximum Gasteiger partial charge on any atom is 0.255 e. The Kier molecular flexibility index (Phi) is 6.17. The summed E-state index contributed by atoms with van der Waals surface area (Å²) in [7, 11) is 1.75. The van der Waals surface area contributed by atoms with Gasteiger partial charge in [0.15, 0.2) is 0 Å². The molecule has 0 aliphatic rings. The van der Waals surface area contributed by atoms with E-state index in [9.17, 15) is 0 Å². The molecule has 9 heteroatoms. The number of aliphatic imine (C=N–C) groups is 1. The molecule has 0 aliphatic carbocycles. The number of nitrogens with one attached hydrogen (secondary N) is 1. The van der Waals surface area contributed by atoms with Gasteiger partial charge in [-0.3, -0.25) is 9.98 Å². The predicted molar refractivity (Wildman–Crippen MR) is 136 cm³/mol. The number of aromatic nitrogens is 5. The second kappa shape index (κ2) is 9.72. The van der Waals surface area contributed by atoms with Crippen LogP contribution in [-0.2, 0) is 0 Å². The van der Waals surface area contributed by atoms with E-state index in [-0.39, 0.29) is 0 Å². The van der Waals surface area contributed by atoms with Gasteiger partial charge in [0.25, 0.3) is 5.78 Å². The van der Waals surface area contributed by atoms with Gasteiger partial charge in [-0.15, -0.1) is 16.9 Å². The summed E-state index contributed by atoms with van der Waals surface area (Å²) >= 11 is 1.55. The predicted octanol–water partition coefficient (Wildman–Crippen LogP) is 5.49. The summed E-state index contributed by atoms with van der Waals surface area (Å²) in [6.45, 7) is 0. The van der Waals surface area contributed by atoms with Crippen LogP contribution in [0.1, 0.15) is 5.56 Å². The quantitative estimate of drug-likeness (QED) is 0.192. The molecule has 2 aromatic carbocycles. The minimum Gasteiger partial charge on any atom is -0.457 e. The zero-order valence-electron chi connectivity index (χ0n) is 18.6. The third-order valence-corrected chi connectivity index (χ3v) is 5.68. The SMILES string of the molecule is CN=Cc1c(SC)nc2nc(Nc3ccc(Oc4ccncc4)cc3)nn2c1-c1ccccc1. The number of ether oxygens (including phenoxy) is 1. The van der Waals surface area contributed by atoms with Crippen LogP contribution < -0.4 is 10.1 Å². The van der Waals surface area contributed by atoms with Gasteiger partial charge in [-0.1, -0.05) is 30.3 Å². The summed E-state index contributed by atoms with van der Waals surface area (Å²) in [6.07, 6.45) is 7.19. The number of hydrogen-bond donors (Lipinski definition) is 1. The van der Waals surface area contributed by atoms with Crippen LogP contribution in [0.4, 0.5) is 11.6 Å². The first kappa shape index (κ1) is 21.6. The third-order valence-electron chi connectivity index (χ3n) is 4.98. The van der Waals surface area contributed by atoms with Crippen molar-refractivity contribution < 1.29 is 4.74 Å². The van der Waals surface area contributed by atoms with E-state index in [1.54, 1.807) is 35.7 Å². The molecule has 3 aromatic heterocycles. The molecule has 34 heavy (non-hydrogen) atoms. The fourth-order valence-electron chi connectivity index (χ4n) is 3.50. The number of fused-ring (bicyclic) bond motifs is 1. The lowest BCUT2D eigenvalue weighted by atomic mass is 10.1. The smallest absolute Gasteiger partial charge is 0.255 e. The van der Waals surface area contributed by atoms with Crippen molar-refractivity contribution in [3.63, 3.8) is 0 Å². The molecule has 1 N–H and O–H groups in total. The molecule has 0 aliphatic heterocycles. The fraction of sp³-hybridized carbons (Fsp3) is 0.0800. The molecule has 3 heterocycles. The monoisotopic (exact) mass is 467 g/mol. The number of benzene rings is 2. The minimum absolute atomic E-state index is 0.449. The van der Waals surface area contributed by atoms with Crippen LogP contribution >= 0.6 is 11.8 Å². The molecule has 5 aromatic rings. The van der Waals surface area contributed by atoms with E-state index in [1.165, 1.54) is 0 Å². The fourth-order valence-corrected chi connectivity index (χ4v) is 4.04. The second-order valence-corrected chi connectivity index (χ2v) is 8.01. The van der Waals surface area contributed by atoms with Gasteiger partial charge in [0, 0.05) is 36.9 Å². The Morgan fingerprint density at radius 2 is 1.68 bits per heavy atom. The highest BCUT2D eigenvalue weighted by molar-refractivity contribution is 7.98. The Labute approximate surface area is 200 Å². The molecular weight excluding hydrogens is 446 g/mol. The van der Waals surface area contributed by atoms with Gasteiger partial charge in [-0.25, -0.2) is 4.98 Å². The van der Waals surface area contributed by atoms with E-state index in [4.69, 9.17) is 14.8 Å². The summed E-state index contributed by atoms with van der Waals surface area (Å²) in [6, 6.07) is 21.3. The number of pyridine rings is 1. The van der Waals surface area contributed by atoms with E-state index >= 15 is 0 Å². The molecule has 0 saturated carbocycles. The Hall–Kier alpha value is -4.24. The van der Waals surface area contributed by atoms with E-state index in [1.807, 2.05) is 79.2 Å². The number of anilines is 2. The molecular formula is C25H21N7OS. The number of nitrogens with zero attached hydrogens (tertiary/aromatic N) is 6. The van der Waals surface area contributed by atoms with E-state index in [2.05, 4.69) is 20.3 Å². The molecule has 0 unspecified atom stereocenters. The van der Waals surface area contributed by atoms with Crippen LogP contribution in [0, 0.1) is 0 Å². The summed E-state index contributed by atoms with van der Waals surface area (Å²) in [5.41, 5.74) is 3.64. The summed E-state index contributed by atoms with van der Waals surface area (Å²) < 4.78 is 7.59. The van der Waals surface area contributed by atoms with Gasteiger partial charge >= 0.3 is 0 Å². The van der Waals surface area contributed by atoms with Gasteiger partial charge in [0.1, 0.15) is 16.5 Å². The van der Waals surface area contributed by atoms with Crippen molar-refractivity contribution in [1.29, 1.82) is 0 Å². The second-order valence-electron chi connectivity index (χ2n) is 7.22. The third kappa shape index (κ3) is 4.46. The standard InChI is InChI=1S/C25H21N7OS/c1-26-16-21-22(17-6-4-3-5-7-17)32-25(29-23(21)34-2)30-24(31-32)28-18-8-10-19(11-9-18)33-20-12-14-27-15-13-20/h3-16H,1-2H3,(H,28,31). The average molecular weight is 468 g/mol. The summed E-state index contributed by atoms with van der Waals surface area (Å²) in [5.74, 6) is 2.41. The minimum atomic E-state index is 0.449. The van der Waals surface area contributed by atoms with Gasteiger partial charge < -0.3 is 10.1 Å². The van der Waals surface area contributed by atoms with Crippen molar-refractivity contribution in [3.05, 3.63) is 84.7 Å². The van der Waals surface area contributed by atoms with Crippen LogP contribution in [-0.4, -0.2) is 44.1 Å². The molecule has 0 fully saturated rings. The number of rotatable bonds is 7. The van der Waals surface area contributed by atoms with Crippen molar-refractivity contribution in [3.8, 4) is 22.8 Å². The summed E-state index contributed by atoms with van der Waals surface area (Å²) in [4.78, 5) is 17.6. The largest absolute Gasteiger partial charge is 0.457 e. The van der Waals surface area contributed by atoms with Crippen LogP contribution in [0.2, 0.25) is 0 Å². The molecule has 0 bridgehead atoms. The molecule has 5 rings (SSSR count). The molecule has 0 radical (unpaired) electrons. The Morgan fingerprint density at radius 3 is 2.38 bits per heavy atom. The van der Waals surface area contributed by atoms with E-state index < -0.39 is 0 Å². The molecule has 8 nitrogen and oxygen atoms in total. The zero-order chi connectivity index (χ0) is 23.3. The molecule has 0 amide bonds. The number of thioether (sulfide) groups is 1. The Bertz CT molecular complexity index is 1440. The lowest BCUT2D eigenvalue weighted by Crippen LogP contribution is -2.05. The summed E-state index contributed by atoms with van der Waals surface area (Å²) in [5, 5.41) is 8.82. The maximum absolute atomic E-state index is 5.83. The van der Waals surface area contributed by atoms with E-state index in [0.717, 1.165) is 39.0 Å². The Morgan fingerprint density at radius 1 is 0.941 bits per heavy atom. The lowest BCUT2D eigenvalue weighted by Gasteiger charge is -2.11. The highest BCUT2D eigenvalue weighted by Gasteiger charge is 2.18. The van der Waals surface area contributed by atoms with Crippen LogP contribution in [0.15, 0.2) is 89.1 Å². The first-order chi connectivity index (χ1) is 16.7. The normalized spacial score (nSPS) is 11.2. The lowest BCUT2D eigenvalue weighted by molar-refractivity contribution is 0.482. The number of hydrogen-bond acceptors (Lipinski definition) is 8. The van der Waals surface area contributed by atoms with E-state index in [0.29, 0.717) is 11.7 Å². The van der Waals surface area contributed by atoms with Gasteiger partial charge in [0.05, 0.1) is 11.3 Å². The van der Waals surface area contributed by atoms with Crippen LogP contribution in [0.3, 0.4) is 0 Å². The van der Waals surface area contributed by atoms with Crippen LogP contribution in [0.25, 0.3) is 17.0 Å². The van der Waals surface area contributed by atoms with Crippen molar-refractivity contribution in [1.82, 2.24) is 24.6 Å².